The standard InChI is InChI=1S/C20H13N5OS/c26-19(15-7-8-16-17(10-15)24-25-23-16)22-20-21-18(11-27-20)14-6-5-12-3-1-2-4-13(12)9-14/h1-11H,(H,21,22,26)(H,23,24,25). The third-order valence-electron chi connectivity index (χ3n) is 4.35. The number of fused-ring (bicyclic) bond motifs is 2. The third-order valence-corrected chi connectivity index (χ3v) is 5.11. The van der Waals surface area contributed by atoms with E-state index < -0.39 is 0 Å². The van der Waals surface area contributed by atoms with Crippen LogP contribution in [0.2, 0.25) is 0 Å². The number of carbonyl (C=O) groups is 1. The van der Waals surface area contributed by atoms with Crippen molar-refractivity contribution >= 4 is 44.2 Å². The van der Waals surface area contributed by atoms with E-state index in [1.54, 1.807) is 18.2 Å². The Labute approximate surface area is 157 Å². The molecule has 3 aromatic carbocycles. The van der Waals surface area contributed by atoms with E-state index in [1.807, 2.05) is 23.6 Å². The minimum absolute atomic E-state index is 0.223. The predicted octanol–water partition coefficient (Wildman–Crippen LogP) is 4.49. The van der Waals surface area contributed by atoms with Gasteiger partial charge in [-0.3, -0.25) is 10.1 Å². The molecule has 6 nitrogen and oxygen atoms in total. The lowest BCUT2D eigenvalue weighted by atomic mass is 10.1. The first-order valence-corrected chi connectivity index (χ1v) is 9.21. The lowest BCUT2D eigenvalue weighted by Crippen LogP contribution is -2.11. The van der Waals surface area contributed by atoms with Crippen molar-refractivity contribution < 1.29 is 4.79 Å². The van der Waals surface area contributed by atoms with Crippen LogP contribution in [-0.4, -0.2) is 26.3 Å². The first-order valence-electron chi connectivity index (χ1n) is 8.33. The SMILES string of the molecule is O=C(Nc1nc(-c2ccc3ccccc3c2)cs1)c1ccc2n[nH]nc2c1. The summed E-state index contributed by atoms with van der Waals surface area (Å²) in [5.74, 6) is -0.223. The van der Waals surface area contributed by atoms with E-state index in [4.69, 9.17) is 0 Å². The third kappa shape index (κ3) is 2.94. The van der Waals surface area contributed by atoms with Crippen molar-refractivity contribution in [3.05, 3.63) is 71.6 Å². The molecule has 27 heavy (non-hydrogen) atoms. The molecule has 5 rings (SSSR count). The highest BCUT2D eigenvalue weighted by molar-refractivity contribution is 7.14. The van der Waals surface area contributed by atoms with Crippen LogP contribution < -0.4 is 5.32 Å². The zero-order chi connectivity index (χ0) is 18.2. The summed E-state index contributed by atoms with van der Waals surface area (Å²) in [6.07, 6.45) is 0. The van der Waals surface area contributed by atoms with Crippen molar-refractivity contribution in [1.82, 2.24) is 20.4 Å². The van der Waals surface area contributed by atoms with Crippen LogP contribution in [0.25, 0.3) is 33.1 Å². The van der Waals surface area contributed by atoms with E-state index in [9.17, 15) is 4.79 Å². The summed E-state index contributed by atoms with van der Waals surface area (Å²) in [5, 5.41) is 18.2. The van der Waals surface area contributed by atoms with Gasteiger partial charge in [-0.25, -0.2) is 4.98 Å². The van der Waals surface area contributed by atoms with Gasteiger partial charge in [-0.1, -0.05) is 36.4 Å². The molecule has 0 saturated heterocycles. The lowest BCUT2D eigenvalue weighted by Gasteiger charge is -2.02. The number of carbonyl (C=O) groups excluding carboxylic acids is 1. The smallest absolute Gasteiger partial charge is 0.257 e. The number of aromatic amines is 1. The van der Waals surface area contributed by atoms with Gasteiger partial charge in [0.15, 0.2) is 5.13 Å². The number of benzene rings is 3. The Morgan fingerprint density at radius 1 is 0.926 bits per heavy atom. The Kier molecular flexibility index (Phi) is 3.65. The number of H-pyrrole nitrogens is 1. The minimum atomic E-state index is -0.223. The fraction of sp³-hybridized carbons (Fsp3) is 0. The van der Waals surface area contributed by atoms with Crippen molar-refractivity contribution in [3.8, 4) is 11.3 Å². The van der Waals surface area contributed by atoms with Crippen molar-refractivity contribution in [1.29, 1.82) is 0 Å². The molecule has 0 unspecified atom stereocenters. The molecule has 130 valence electrons. The molecule has 0 bridgehead atoms. The van der Waals surface area contributed by atoms with Gasteiger partial charge < -0.3 is 0 Å². The molecule has 2 heterocycles. The molecule has 0 fully saturated rings. The Hall–Kier alpha value is -3.58. The zero-order valence-corrected chi connectivity index (χ0v) is 14.8. The van der Waals surface area contributed by atoms with E-state index in [2.05, 4.69) is 50.0 Å². The second-order valence-corrected chi connectivity index (χ2v) is 6.94. The van der Waals surface area contributed by atoms with Crippen LogP contribution in [0.1, 0.15) is 10.4 Å². The Morgan fingerprint density at radius 2 is 1.78 bits per heavy atom. The minimum Gasteiger partial charge on any atom is -0.298 e. The molecule has 0 aliphatic carbocycles. The van der Waals surface area contributed by atoms with E-state index in [-0.39, 0.29) is 5.91 Å². The van der Waals surface area contributed by atoms with Crippen LogP contribution in [0.15, 0.2) is 66.0 Å². The van der Waals surface area contributed by atoms with Crippen molar-refractivity contribution in [2.75, 3.05) is 5.32 Å². The van der Waals surface area contributed by atoms with Gasteiger partial charge >= 0.3 is 0 Å². The predicted molar refractivity (Wildman–Crippen MR) is 107 cm³/mol. The van der Waals surface area contributed by atoms with Gasteiger partial charge in [-0.05, 0) is 35.0 Å². The fourth-order valence-electron chi connectivity index (χ4n) is 2.96. The number of amides is 1. The van der Waals surface area contributed by atoms with Gasteiger partial charge in [0.2, 0.25) is 0 Å². The summed E-state index contributed by atoms with van der Waals surface area (Å²) < 4.78 is 0. The topological polar surface area (TPSA) is 83.6 Å². The molecular formula is C20H13N5OS. The highest BCUT2D eigenvalue weighted by atomic mass is 32.1. The average Bonchev–Trinajstić information content (AvgIpc) is 3.36. The largest absolute Gasteiger partial charge is 0.298 e. The highest BCUT2D eigenvalue weighted by Gasteiger charge is 2.12. The second-order valence-electron chi connectivity index (χ2n) is 6.08. The number of nitrogens with zero attached hydrogens (tertiary/aromatic N) is 3. The van der Waals surface area contributed by atoms with Crippen LogP contribution in [0, 0.1) is 0 Å². The van der Waals surface area contributed by atoms with Gasteiger partial charge in [0, 0.05) is 16.5 Å². The van der Waals surface area contributed by atoms with Crippen molar-refractivity contribution in [2.24, 2.45) is 0 Å². The summed E-state index contributed by atoms with van der Waals surface area (Å²) in [6, 6.07) is 19.6. The van der Waals surface area contributed by atoms with Crippen LogP contribution in [0.3, 0.4) is 0 Å². The number of nitrogens with one attached hydrogen (secondary N) is 2. The molecule has 0 aliphatic heterocycles. The summed E-state index contributed by atoms with van der Waals surface area (Å²) >= 11 is 1.40. The van der Waals surface area contributed by atoms with Crippen LogP contribution in [0.4, 0.5) is 5.13 Å². The molecule has 7 heteroatoms. The molecule has 0 aliphatic rings. The Bertz CT molecular complexity index is 1290. The van der Waals surface area contributed by atoms with Crippen molar-refractivity contribution in [2.45, 2.75) is 0 Å². The summed E-state index contributed by atoms with van der Waals surface area (Å²) in [4.78, 5) is 17.1. The maximum absolute atomic E-state index is 12.5. The van der Waals surface area contributed by atoms with Crippen LogP contribution >= 0.6 is 11.3 Å². The lowest BCUT2D eigenvalue weighted by molar-refractivity contribution is 0.102. The van der Waals surface area contributed by atoms with Crippen molar-refractivity contribution in [3.63, 3.8) is 0 Å². The quantitative estimate of drug-likeness (QED) is 0.489. The van der Waals surface area contributed by atoms with E-state index >= 15 is 0 Å². The van der Waals surface area contributed by atoms with Gasteiger partial charge in [0.1, 0.15) is 11.0 Å². The highest BCUT2D eigenvalue weighted by Crippen LogP contribution is 2.28. The molecule has 5 aromatic rings. The van der Waals surface area contributed by atoms with E-state index in [1.165, 1.54) is 16.7 Å². The molecule has 0 spiro atoms. The molecule has 2 aromatic heterocycles. The van der Waals surface area contributed by atoms with E-state index in [0.29, 0.717) is 16.2 Å². The molecular weight excluding hydrogens is 358 g/mol. The summed E-state index contributed by atoms with van der Waals surface area (Å²) in [5.41, 5.74) is 3.75. The molecule has 0 saturated carbocycles. The monoisotopic (exact) mass is 371 g/mol. The number of aromatic nitrogens is 4. The number of rotatable bonds is 3. The molecule has 2 N–H and O–H groups in total. The first-order chi connectivity index (χ1) is 13.3. The Morgan fingerprint density at radius 3 is 2.70 bits per heavy atom. The number of thiazole rings is 1. The van der Waals surface area contributed by atoms with E-state index in [0.717, 1.165) is 22.2 Å². The Balaban J connectivity index is 1.40. The second kappa shape index (κ2) is 6.30. The first kappa shape index (κ1) is 15.7. The molecule has 0 atom stereocenters. The normalized spacial score (nSPS) is 11.1. The van der Waals surface area contributed by atoms with Gasteiger partial charge in [-0.2, -0.15) is 15.4 Å². The number of hydrogen-bond acceptors (Lipinski definition) is 5. The fourth-order valence-corrected chi connectivity index (χ4v) is 3.68. The van der Waals surface area contributed by atoms with Crippen LogP contribution in [0.5, 0.6) is 0 Å². The molecule has 1 amide bonds. The summed E-state index contributed by atoms with van der Waals surface area (Å²) in [7, 11) is 0. The maximum Gasteiger partial charge on any atom is 0.257 e. The number of hydrogen-bond donors (Lipinski definition) is 2. The van der Waals surface area contributed by atoms with Gasteiger partial charge in [0.25, 0.3) is 5.91 Å². The zero-order valence-electron chi connectivity index (χ0n) is 14.0. The van der Waals surface area contributed by atoms with Gasteiger partial charge in [0.05, 0.1) is 5.69 Å². The average molecular weight is 371 g/mol. The van der Waals surface area contributed by atoms with Crippen LogP contribution in [-0.2, 0) is 0 Å². The maximum atomic E-state index is 12.5. The van der Waals surface area contributed by atoms with Gasteiger partial charge in [-0.15, -0.1) is 11.3 Å². The molecule has 0 radical (unpaired) electrons. The summed E-state index contributed by atoms with van der Waals surface area (Å²) in [6.45, 7) is 0. The number of anilines is 1.